The molecular formula is C11H17N4O3+. The third kappa shape index (κ3) is 1.91. The highest BCUT2D eigenvalue weighted by Crippen LogP contribution is 2.24. The van der Waals surface area contributed by atoms with Crippen LogP contribution in [0.4, 0.5) is 4.79 Å². The zero-order valence-corrected chi connectivity index (χ0v) is 10.3. The van der Waals surface area contributed by atoms with Crippen LogP contribution >= 0.6 is 0 Å². The van der Waals surface area contributed by atoms with Crippen LogP contribution in [0.3, 0.4) is 0 Å². The molecule has 1 atom stereocenters. The van der Waals surface area contributed by atoms with Crippen molar-refractivity contribution in [2.75, 3.05) is 32.8 Å². The van der Waals surface area contributed by atoms with Crippen LogP contribution in [-0.4, -0.2) is 60.5 Å². The Hall–Kier alpha value is -1.73. The number of ether oxygens (including phenoxy) is 1. The molecule has 1 saturated heterocycles. The number of morpholine rings is 1. The molecule has 0 spiro atoms. The van der Waals surface area contributed by atoms with Crippen molar-refractivity contribution in [2.45, 2.75) is 6.92 Å². The lowest BCUT2D eigenvalue weighted by atomic mass is 10.2. The lowest BCUT2D eigenvalue weighted by Gasteiger charge is -2.30. The molecule has 18 heavy (non-hydrogen) atoms. The number of rotatable bonds is 2. The highest BCUT2D eigenvalue weighted by atomic mass is 16.5. The summed E-state index contributed by atoms with van der Waals surface area (Å²) in [6.45, 7) is 4.18. The Morgan fingerprint density at radius 3 is 2.72 bits per heavy atom. The Kier molecular flexibility index (Phi) is 3.44. The molecule has 0 aliphatic carbocycles. The van der Waals surface area contributed by atoms with Gasteiger partial charge in [0.15, 0.2) is 0 Å². The van der Waals surface area contributed by atoms with E-state index in [1.165, 1.54) is 6.21 Å². The summed E-state index contributed by atoms with van der Waals surface area (Å²) >= 11 is 0. The molecule has 7 heteroatoms. The van der Waals surface area contributed by atoms with E-state index in [2.05, 4.69) is 5.10 Å². The number of likely N-dealkylation sites (N-methyl/N-ethyl adjacent to an activating group) is 1. The fraction of sp³-hybridized carbons (Fsp3) is 0.545. The number of nitrogens with zero attached hydrogens (tertiary/aromatic N) is 3. The largest absolute Gasteiger partial charge is 0.445 e. The molecule has 0 aromatic heterocycles. The van der Waals surface area contributed by atoms with Gasteiger partial charge in [-0.3, -0.25) is 4.79 Å². The average molecular weight is 253 g/mol. The van der Waals surface area contributed by atoms with Gasteiger partial charge in [-0.1, -0.05) is 9.69 Å². The first-order chi connectivity index (χ1) is 8.62. The average Bonchev–Trinajstić information content (AvgIpc) is 2.84. The van der Waals surface area contributed by atoms with Crippen LogP contribution in [0.5, 0.6) is 0 Å². The van der Waals surface area contributed by atoms with E-state index in [0.29, 0.717) is 38.5 Å². The summed E-state index contributed by atoms with van der Waals surface area (Å²) in [6.07, 6.45) is 3.02. The van der Waals surface area contributed by atoms with E-state index in [9.17, 15) is 9.59 Å². The van der Waals surface area contributed by atoms with Crippen molar-refractivity contribution in [2.24, 2.45) is 10.8 Å². The number of carbonyl (C=O) groups excluding carboxylic acids is 2. The quantitative estimate of drug-likeness (QED) is 0.682. The summed E-state index contributed by atoms with van der Waals surface area (Å²) in [5.41, 5.74) is 5.70. The van der Waals surface area contributed by atoms with Gasteiger partial charge < -0.3 is 15.4 Å². The molecule has 0 radical (unpaired) electrons. The third-order valence-corrected chi connectivity index (χ3v) is 3.23. The molecule has 1 unspecified atom stereocenters. The summed E-state index contributed by atoms with van der Waals surface area (Å²) in [5, 5.41) is 4.05. The van der Waals surface area contributed by atoms with E-state index in [1.807, 2.05) is 0 Å². The Morgan fingerprint density at radius 1 is 1.50 bits per heavy atom. The number of nitrogens with two attached hydrogens (primary N) is 1. The molecule has 0 bridgehead atoms. The predicted octanol–water partition coefficient (Wildman–Crippen LogP) is -0.356. The Morgan fingerprint density at radius 2 is 2.17 bits per heavy atom. The van der Waals surface area contributed by atoms with E-state index in [0.717, 1.165) is 0 Å². The maximum atomic E-state index is 12.4. The van der Waals surface area contributed by atoms with Gasteiger partial charge >= 0.3 is 11.9 Å². The van der Waals surface area contributed by atoms with Gasteiger partial charge in [-0.15, -0.1) is 0 Å². The molecule has 2 aliphatic rings. The maximum Gasteiger partial charge on any atom is 0.445 e. The summed E-state index contributed by atoms with van der Waals surface area (Å²) < 4.78 is 4.75. The second-order valence-electron chi connectivity index (χ2n) is 4.14. The Balaban J connectivity index is 2.22. The number of primary amides is 1. The van der Waals surface area contributed by atoms with Crippen molar-refractivity contribution in [3.05, 3.63) is 11.8 Å². The molecule has 2 heterocycles. The molecule has 7 nitrogen and oxygen atoms in total. The van der Waals surface area contributed by atoms with Gasteiger partial charge in [0.05, 0.1) is 19.4 Å². The van der Waals surface area contributed by atoms with Crippen molar-refractivity contribution in [3.8, 4) is 0 Å². The van der Waals surface area contributed by atoms with Gasteiger partial charge in [-0.25, -0.2) is 4.79 Å². The van der Waals surface area contributed by atoms with E-state index < -0.39 is 10.6 Å². The molecule has 0 aromatic carbocycles. The number of hydrogen-bond acceptors (Lipinski definition) is 4. The van der Waals surface area contributed by atoms with Crippen LogP contribution in [0.1, 0.15) is 6.92 Å². The highest BCUT2D eigenvalue weighted by molar-refractivity contribution is 5.98. The van der Waals surface area contributed by atoms with Gasteiger partial charge in [0.1, 0.15) is 6.54 Å². The van der Waals surface area contributed by atoms with Crippen molar-refractivity contribution >= 4 is 18.2 Å². The zero-order valence-electron chi connectivity index (χ0n) is 10.3. The van der Waals surface area contributed by atoms with Crippen LogP contribution in [0.2, 0.25) is 0 Å². The van der Waals surface area contributed by atoms with Crippen molar-refractivity contribution < 1.29 is 18.9 Å². The molecule has 98 valence electrons. The minimum atomic E-state index is -0.640. The molecule has 1 fully saturated rings. The predicted molar refractivity (Wildman–Crippen MR) is 64.4 cm³/mol. The fourth-order valence-corrected chi connectivity index (χ4v) is 2.14. The summed E-state index contributed by atoms with van der Waals surface area (Å²) in [4.78, 5) is 25.6. The first-order valence-corrected chi connectivity index (χ1v) is 5.93. The SMILES string of the molecule is CC[N+]1(C(N)=O)N=CC=C1C(=O)N1CCOCC1. The standard InChI is InChI=1S/C11H16N4O3/c1-2-15(11(12)17)9(3-4-13-15)10(16)14-5-7-18-8-6-14/h3-4H,2,5-8H2,1H3,(H-,12,17)/p+1. The number of hydrogen-bond donors (Lipinski definition) is 1. The second-order valence-corrected chi connectivity index (χ2v) is 4.14. The number of allylic oxidation sites excluding steroid dienone is 1. The highest BCUT2D eigenvalue weighted by Gasteiger charge is 2.46. The van der Waals surface area contributed by atoms with Gasteiger partial charge in [-0.2, -0.15) is 0 Å². The van der Waals surface area contributed by atoms with Crippen molar-refractivity contribution in [1.29, 1.82) is 0 Å². The normalized spacial score (nSPS) is 27.2. The number of carbonyl (C=O) groups is 2. The smallest absolute Gasteiger partial charge is 0.378 e. The van der Waals surface area contributed by atoms with Gasteiger partial charge in [0.25, 0.3) is 0 Å². The molecule has 3 amide bonds. The molecule has 2 N–H and O–H groups in total. The first-order valence-electron chi connectivity index (χ1n) is 5.93. The number of quaternary nitrogens is 1. The van der Waals surface area contributed by atoms with E-state index in [-0.39, 0.29) is 5.91 Å². The Labute approximate surface area is 105 Å². The van der Waals surface area contributed by atoms with Gasteiger partial charge in [0.2, 0.25) is 5.70 Å². The Bertz CT molecular complexity index is 426. The summed E-state index contributed by atoms with van der Waals surface area (Å²) in [5.74, 6) is -0.198. The number of urea groups is 1. The molecule has 2 aliphatic heterocycles. The lowest BCUT2D eigenvalue weighted by Crippen LogP contribution is -2.54. The van der Waals surface area contributed by atoms with Crippen LogP contribution in [0.25, 0.3) is 0 Å². The molecular weight excluding hydrogens is 236 g/mol. The number of amides is 3. The molecule has 0 saturated carbocycles. The first kappa shape index (κ1) is 12.7. The van der Waals surface area contributed by atoms with Crippen LogP contribution in [-0.2, 0) is 9.53 Å². The van der Waals surface area contributed by atoms with Crippen LogP contribution in [0.15, 0.2) is 16.9 Å². The minimum absolute atomic E-state index is 0.198. The summed E-state index contributed by atoms with van der Waals surface area (Å²) in [7, 11) is 0. The van der Waals surface area contributed by atoms with Crippen molar-refractivity contribution in [1.82, 2.24) is 4.90 Å². The van der Waals surface area contributed by atoms with Crippen molar-refractivity contribution in [3.63, 3.8) is 0 Å². The molecule has 2 rings (SSSR count). The van der Waals surface area contributed by atoms with Crippen LogP contribution < -0.4 is 5.73 Å². The minimum Gasteiger partial charge on any atom is -0.378 e. The zero-order chi connectivity index (χ0) is 13.2. The van der Waals surface area contributed by atoms with Crippen LogP contribution in [0, 0.1) is 0 Å². The maximum absolute atomic E-state index is 12.4. The topological polar surface area (TPSA) is 85.0 Å². The molecule has 0 aromatic rings. The van der Waals surface area contributed by atoms with Gasteiger partial charge in [0, 0.05) is 19.2 Å². The van der Waals surface area contributed by atoms with E-state index >= 15 is 0 Å². The third-order valence-electron chi connectivity index (χ3n) is 3.23. The fourth-order valence-electron chi connectivity index (χ4n) is 2.14. The second kappa shape index (κ2) is 4.87. The monoisotopic (exact) mass is 253 g/mol. The van der Waals surface area contributed by atoms with E-state index in [4.69, 9.17) is 10.5 Å². The lowest BCUT2D eigenvalue weighted by molar-refractivity contribution is -0.808. The van der Waals surface area contributed by atoms with E-state index in [1.54, 1.807) is 17.9 Å². The summed E-state index contributed by atoms with van der Waals surface area (Å²) in [6, 6.07) is -0.640. The van der Waals surface area contributed by atoms with Gasteiger partial charge in [-0.05, 0) is 6.92 Å².